The smallest absolute Gasteiger partial charge is 0.331 e. The predicted octanol–water partition coefficient (Wildman–Crippen LogP) is 13.1. The second-order valence-electron chi connectivity index (χ2n) is 10.7. The van der Waals surface area contributed by atoms with Crippen LogP contribution in [0.15, 0.2) is 127 Å². The van der Waals surface area contributed by atoms with E-state index in [0.29, 0.717) is 30.1 Å². The van der Waals surface area contributed by atoms with Crippen LogP contribution >= 0.6 is 69.6 Å². The number of benzene rings is 4. The van der Waals surface area contributed by atoms with E-state index in [9.17, 15) is 9.59 Å². The lowest BCUT2D eigenvalue weighted by Gasteiger charge is -2.06. The summed E-state index contributed by atoms with van der Waals surface area (Å²) in [5, 5.41) is 3.56. The van der Waals surface area contributed by atoms with E-state index in [4.69, 9.17) is 79.1 Å². The lowest BCUT2D eigenvalue weighted by atomic mass is 10.2. The van der Waals surface area contributed by atoms with Crippen LogP contribution in [0.5, 0.6) is 0 Å². The summed E-state index contributed by atoms with van der Waals surface area (Å²) >= 11 is 35.5. The highest BCUT2D eigenvalue weighted by atomic mass is 35.5. The molecule has 4 rings (SSSR count). The lowest BCUT2D eigenvalue weighted by Crippen LogP contribution is -2.10. The van der Waals surface area contributed by atoms with E-state index in [1.54, 1.807) is 129 Å². The summed E-state index contributed by atoms with van der Waals surface area (Å²) in [5.41, 5.74) is 3.40. The minimum atomic E-state index is -0.530. The maximum Gasteiger partial charge on any atom is 0.331 e. The van der Waals surface area contributed by atoms with Crippen molar-refractivity contribution in [2.24, 2.45) is 0 Å². The van der Waals surface area contributed by atoms with Crippen LogP contribution in [-0.4, -0.2) is 24.1 Å². The van der Waals surface area contributed by atoms with Crippen molar-refractivity contribution in [1.82, 2.24) is 0 Å². The largest absolute Gasteiger partial charge is 0.455 e. The van der Waals surface area contributed by atoms with Gasteiger partial charge in [0.05, 0.1) is 0 Å². The first-order chi connectivity index (χ1) is 24.9. The van der Waals surface area contributed by atoms with Crippen LogP contribution < -0.4 is 0 Å². The van der Waals surface area contributed by atoms with Gasteiger partial charge in [0.2, 0.25) is 0 Å². The molecule has 0 aliphatic heterocycles. The Morgan fingerprint density at radius 3 is 1.54 bits per heavy atom. The molecule has 4 aromatic carbocycles. The zero-order valence-corrected chi connectivity index (χ0v) is 32.4. The summed E-state index contributed by atoms with van der Waals surface area (Å²) in [6, 6.07) is 24.9. The second-order valence-corrected chi connectivity index (χ2v) is 13.2. The van der Waals surface area contributed by atoms with Crippen molar-refractivity contribution in [2.45, 2.75) is 26.1 Å². The molecule has 10 heteroatoms. The molecule has 2 atom stereocenters. The minimum absolute atomic E-state index is 0.350. The number of hydrogen-bond donors (Lipinski definition) is 0. The van der Waals surface area contributed by atoms with Crippen molar-refractivity contribution in [2.75, 3.05) is 0 Å². The molecular weight excluding hydrogens is 781 g/mol. The number of allylic oxidation sites excluding steroid dienone is 4. The van der Waals surface area contributed by atoms with Gasteiger partial charge in [-0.25, -0.2) is 9.59 Å². The third kappa shape index (κ3) is 16.9. The Kier molecular flexibility index (Phi) is 18.4. The topological polar surface area (TPSA) is 52.6 Å². The number of hydrogen-bond acceptors (Lipinski definition) is 4. The SMILES string of the molecule is C[C@H](/C=C\c1ccc(Cl)cc1)OC(=O)/C=C/C=C/c1ccc(Cl)cc1Cl.C[C@H](C#Cc1ccc(Cl)cc1)OC(=O)/C=C/C=C/c1ccc(Cl)cc1Cl. The van der Waals surface area contributed by atoms with Crippen LogP contribution in [0, 0.1) is 11.8 Å². The average Bonchev–Trinajstić information content (AvgIpc) is 3.10. The van der Waals surface area contributed by atoms with Crippen LogP contribution in [-0.2, 0) is 19.1 Å². The van der Waals surface area contributed by atoms with Crippen LogP contribution in [0.1, 0.15) is 36.1 Å². The van der Waals surface area contributed by atoms with Gasteiger partial charge in [-0.05, 0) is 97.3 Å². The molecule has 0 heterocycles. The minimum Gasteiger partial charge on any atom is -0.455 e. The quantitative estimate of drug-likeness (QED) is 0.0693. The number of halogens is 6. The maximum absolute atomic E-state index is 11.8. The number of rotatable bonds is 10. The van der Waals surface area contributed by atoms with Gasteiger partial charge >= 0.3 is 11.9 Å². The van der Waals surface area contributed by atoms with E-state index in [0.717, 1.165) is 22.3 Å². The number of esters is 2. The molecule has 0 aromatic heterocycles. The van der Waals surface area contributed by atoms with E-state index in [1.165, 1.54) is 12.2 Å². The Morgan fingerprint density at radius 1 is 0.577 bits per heavy atom. The van der Waals surface area contributed by atoms with E-state index in [2.05, 4.69) is 11.8 Å². The standard InChI is InChI=1S/C21H17Cl3O2.C21H15Cl3O2/c2*1-15(6-7-16-8-11-18(22)12-9-16)26-21(25)5-3-2-4-17-10-13-19(23)14-20(17)24/h2-15H,1H3;2-5,8-15H,1H3/b4-2+,5-3+,7-6-;4-2+,5-3+/t2*15-/m11/s1. The second kappa shape index (κ2) is 22.7. The highest BCUT2D eigenvalue weighted by Gasteiger charge is 2.04. The van der Waals surface area contributed by atoms with Crippen molar-refractivity contribution in [3.05, 3.63) is 180 Å². The Balaban J connectivity index is 0.000000280. The Hall–Kier alpha value is -4.18. The van der Waals surface area contributed by atoms with Crippen molar-refractivity contribution in [3.8, 4) is 11.8 Å². The van der Waals surface area contributed by atoms with E-state index < -0.39 is 18.0 Å². The zero-order chi connectivity index (χ0) is 37.9. The van der Waals surface area contributed by atoms with Crippen molar-refractivity contribution in [1.29, 1.82) is 0 Å². The van der Waals surface area contributed by atoms with Crippen LogP contribution in [0.4, 0.5) is 0 Å². The van der Waals surface area contributed by atoms with Gasteiger partial charge in [-0.3, -0.25) is 0 Å². The molecule has 0 fully saturated rings. The molecule has 52 heavy (non-hydrogen) atoms. The summed E-state index contributed by atoms with van der Waals surface area (Å²) < 4.78 is 10.5. The first kappa shape index (κ1) is 42.2. The fraction of sp³-hybridized carbons (Fsp3) is 0.0952. The number of carbonyl (C=O) groups excluding carboxylic acids is 2. The molecule has 0 N–H and O–H groups in total. The summed E-state index contributed by atoms with van der Waals surface area (Å²) in [4.78, 5) is 23.6. The third-order valence-electron chi connectivity index (χ3n) is 6.45. The Morgan fingerprint density at radius 2 is 1.04 bits per heavy atom. The monoisotopic (exact) mass is 810 g/mol. The molecular formula is C42H32Cl6O4. The molecule has 0 radical (unpaired) electrons. The van der Waals surface area contributed by atoms with Gasteiger partial charge in [0.1, 0.15) is 6.10 Å². The molecule has 4 nitrogen and oxygen atoms in total. The van der Waals surface area contributed by atoms with Crippen LogP contribution in [0.3, 0.4) is 0 Å². The molecule has 0 spiro atoms. The molecule has 266 valence electrons. The molecule has 0 amide bonds. The van der Waals surface area contributed by atoms with Gasteiger partial charge in [-0.1, -0.05) is 148 Å². The molecule has 0 aliphatic rings. The van der Waals surface area contributed by atoms with E-state index in [1.807, 2.05) is 18.2 Å². The third-order valence-corrected chi connectivity index (χ3v) is 8.08. The predicted molar refractivity (Wildman–Crippen MR) is 219 cm³/mol. The zero-order valence-electron chi connectivity index (χ0n) is 27.9. The normalized spacial score (nSPS) is 12.5. The fourth-order valence-corrected chi connectivity index (χ4v) is 5.10. The highest BCUT2D eigenvalue weighted by molar-refractivity contribution is 6.36. The molecule has 0 saturated heterocycles. The Labute approximate surface area is 334 Å². The maximum atomic E-state index is 11.8. The molecule has 0 aliphatic carbocycles. The van der Waals surface area contributed by atoms with Crippen molar-refractivity contribution in [3.63, 3.8) is 0 Å². The first-order valence-corrected chi connectivity index (χ1v) is 17.9. The summed E-state index contributed by atoms with van der Waals surface area (Å²) in [5.74, 6) is 4.88. The molecule has 0 unspecified atom stereocenters. The summed E-state index contributed by atoms with van der Waals surface area (Å²) in [6.07, 6.45) is 15.6. The van der Waals surface area contributed by atoms with E-state index in [-0.39, 0.29) is 6.10 Å². The first-order valence-electron chi connectivity index (χ1n) is 15.6. The number of ether oxygens (including phenoxy) is 2. The molecule has 0 saturated carbocycles. The van der Waals surface area contributed by atoms with Gasteiger partial charge in [0.15, 0.2) is 6.10 Å². The lowest BCUT2D eigenvalue weighted by molar-refractivity contribution is -0.140. The molecule has 4 aromatic rings. The van der Waals surface area contributed by atoms with Gasteiger partial charge in [0.25, 0.3) is 0 Å². The van der Waals surface area contributed by atoms with Crippen molar-refractivity contribution < 1.29 is 19.1 Å². The summed E-state index contributed by atoms with van der Waals surface area (Å²) in [6.45, 7) is 3.50. The van der Waals surface area contributed by atoms with Crippen molar-refractivity contribution >= 4 is 99.8 Å². The van der Waals surface area contributed by atoms with Gasteiger partial charge in [-0.15, -0.1) is 0 Å². The number of carbonyl (C=O) groups is 2. The molecule has 0 bridgehead atoms. The van der Waals surface area contributed by atoms with Gasteiger partial charge in [-0.2, -0.15) is 0 Å². The Bertz CT molecular complexity index is 2020. The van der Waals surface area contributed by atoms with Crippen LogP contribution in [0.25, 0.3) is 18.2 Å². The highest BCUT2D eigenvalue weighted by Crippen LogP contribution is 2.23. The van der Waals surface area contributed by atoms with Crippen LogP contribution in [0.2, 0.25) is 30.1 Å². The van der Waals surface area contributed by atoms with E-state index >= 15 is 0 Å². The average molecular weight is 813 g/mol. The fourth-order valence-electron chi connectivity index (χ4n) is 3.90. The summed E-state index contributed by atoms with van der Waals surface area (Å²) in [7, 11) is 0. The van der Waals surface area contributed by atoms with Gasteiger partial charge in [0, 0.05) is 47.9 Å². The van der Waals surface area contributed by atoms with Gasteiger partial charge < -0.3 is 9.47 Å².